The molecule has 0 saturated carbocycles. The molecule has 1 aliphatic heterocycles. The normalized spacial score (nSPS) is 14.8. The standard InChI is InChI=1S/C28H24Cl2N4O2S/c1-17-25(18(2)35)26(34-27(31-17)32-28(33-34)37-16-19-7-4-3-5-8-19)20-11-13-21(14-12-20)36-15-22-23(29)9-6-10-24(22)30/h3-14,26H,15-16H2,1-2H3,(H,31,32,33). The number of benzene rings is 3. The number of aromatic nitrogens is 3. The maximum atomic E-state index is 12.7. The number of ether oxygens (including phenoxy) is 1. The van der Waals surface area contributed by atoms with Crippen molar-refractivity contribution < 1.29 is 9.53 Å². The van der Waals surface area contributed by atoms with Crippen LogP contribution in [0.25, 0.3) is 0 Å². The lowest BCUT2D eigenvalue weighted by Gasteiger charge is -2.28. The summed E-state index contributed by atoms with van der Waals surface area (Å²) in [7, 11) is 0. The zero-order chi connectivity index (χ0) is 25.9. The molecule has 0 saturated heterocycles. The van der Waals surface area contributed by atoms with Crippen molar-refractivity contribution in [3.8, 4) is 5.75 Å². The van der Waals surface area contributed by atoms with Gasteiger partial charge in [0.1, 0.15) is 18.4 Å². The van der Waals surface area contributed by atoms with Crippen LogP contribution < -0.4 is 10.1 Å². The maximum absolute atomic E-state index is 12.7. The average molecular weight is 551 g/mol. The topological polar surface area (TPSA) is 69.0 Å². The first-order valence-electron chi connectivity index (χ1n) is 11.7. The molecule has 0 amide bonds. The summed E-state index contributed by atoms with van der Waals surface area (Å²) in [6.07, 6.45) is 0. The van der Waals surface area contributed by atoms with E-state index in [-0.39, 0.29) is 12.4 Å². The van der Waals surface area contributed by atoms with E-state index in [2.05, 4.69) is 17.4 Å². The minimum Gasteiger partial charge on any atom is -0.489 e. The van der Waals surface area contributed by atoms with Crippen LogP contribution in [0.3, 0.4) is 0 Å². The van der Waals surface area contributed by atoms with Gasteiger partial charge in [0.2, 0.25) is 11.1 Å². The Bertz CT molecular complexity index is 1450. The largest absolute Gasteiger partial charge is 0.489 e. The number of rotatable bonds is 8. The van der Waals surface area contributed by atoms with E-state index >= 15 is 0 Å². The Morgan fingerprint density at radius 2 is 1.73 bits per heavy atom. The van der Waals surface area contributed by atoms with Gasteiger partial charge in [-0.25, -0.2) is 4.68 Å². The summed E-state index contributed by atoms with van der Waals surface area (Å²) in [6.45, 7) is 3.72. The number of hydrogen-bond acceptors (Lipinski definition) is 6. The highest BCUT2D eigenvalue weighted by Crippen LogP contribution is 2.37. The van der Waals surface area contributed by atoms with Crippen molar-refractivity contribution in [2.45, 2.75) is 37.4 Å². The molecule has 2 heterocycles. The molecule has 1 aromatic heterocycles. The van der Waals surface area contributed by atoms with Gasteiger partial charge in [0.25, 0.3) is 0 Å². The Labute approximate surface area is 229 Å². The van der Waals surface area contributed by atoms with E-state index < -0.39 is 6.04 Å². The van der Waals surface area contributed by atoms with Crippen molar-refractivity contribution in [3.63, 3.8) is 0 Å². The van der Waals surface area contributed by atoms with Crippen LogP contribution in [-0.2, 0) is 17.2 Å². The van der Waals surface area contributed by atoms with Gasteiger partial charge in [0.15, 0.2) is 5.78 Å². The molecular formula is C28H24Cl2N4O2S. The van der Waals surface area contributed by atoms with Gasteiger partial charge in [-0.2, -0.15) is 4.98 Å². The van der Waals surface area contributed by atoms with Crippen molar-refractivity contribution in [1.29, 1.82) is 0 Å². The Balaban J connectivity index is 1.39. The maximum Gasteiger partial charge on any atom is 0.227 e. The molecule has 1 unspecified atom stereocenters. The fourth-order valence-corrected chi connectivity index (χ4v) is 5.54. The first-order chi connectivity index (χ1) is 17.9. The number of anilines is 1. The number of nitrogens with zero attached hydrogens (tertiary/aromatic N) is 3. The van der Waals surface area contributed by atoms with E-state index in [4.69, 9.17) is 38.0 Å². The predicted molar refractivity (Wildman–Crippen MR) is 148 cm³/mol. The van der Waals surface area contributed by atoms with Gasteiger partial charge in [0, 0.05) is 32.6 Å². The number of hydrogen-bond donors (Lipinski definition) is 1. The summed E-state index contributed by atoms with van der Waals surface area (Å²) in [5.41, 5.74) is 4.25. The van der Waals surface area contributed by atoms with Gasteiger partial charge < -0.3 is 10.1 Å². The summed E-state index contributed by atoms with van der Waals surface area (Å²) < 4.78 is 7.73. The van der Waals surface area contributed by atoms with Crippen molar-refractivity contribution in [2.75, 3.05) is 5.32 Å². The summed E-state index contributed by atoms with van der Waals surface area (Å²) in [5.74, 6) is 2.00. The molecule has 9 heteroatoms. The van der Waals surface area contributed by atoms with Crippen LogP contribution in [0.2, 0.25) is 10.0 Å². The summed E-state index contributed by atoms with van der Waals surface area (Å²) in [4.78, 5) is 17.4. The second-order valence-corrected chi connectivity index (χ2v) is 10.4. The van der Waals surface area contributed by atoms with Crippen molar-refractivity contribution >= 4 is 46.7 Å². The lowest BCUT2D eigenvalue weighted by atomic mass is 9.93. The molecule has 1 N–H and O–H groups in total. The predicted octanol–water partition coefficient (Wildman–Crippen LogP) is 7.33. The van der Waals surface area contributed by atoms with Crippen molar-refractivity contribution in [1.82, 2.24) is 14.8 Å². The molecule has 4 aromatic rings. The van der Waals surface area contributed by atoms with Gasteiger partial charge in [-0.15, -0.1) is 5.10 Å². The van der Waals surface area contributed by atoms with Gasteiger partial charge in [-0.05, 0) is 49.2 Å². The van der Waals surface area contributed by atoms with Gasteiger partial charge in [0.05, 0.1) is 0 Å². The number of halogens is 2. The molecule has 0 bridgehead atoms. The van der Waals surface area contributed by atoms with Crippen LogP contribution in [0.1, 0.15) is 36.6 Å². The Kier molecular flexibility index (Phi) is 7.55. The summed E-state index contributed by atoms with van der Waals surface area (Å²) in [5, 5.41) is 9.79. The SMILES string of the molecule is CC(=O)C1=C(C)Nc2nc(SCc3ccccc3)nn2C1c1ccc(OCc2c(Cl)cccc2Cl)cc1. The van der Waals surface area contributed by atoms with E-state index in [1.807, 2.05) is 49.4 Å². The lowest BCUT2D eigenvalue weighted by molar-refractivity contribution is -0.114. The highest BCUT2D eigenvalue weighted by Gasteiger charge is 2.32. The Hall–Kier alpha value is -3.26. The molecule has 0 aliphatic carbocycles. The minimum atomic E-state index is -0.403. The van der Waals surface area contributed by atoms with E-state index in [0.717, 1.165) is 22.6 Å². The Morgan fingerprint density at radius 3 is 2.41 bits per heavy atom. The molecular weight excluding hydrogens is 527 g/mol. The lowest BCUT2D eigenvalue weighted by Crippen LogP contribution is -2.27. The monoisotopic (exact) mass is 550 g/mol. The zero-order valence-corrected chi connectivity index (χ0v) is 22.6. The average Bonchev–Trinajstić information content (AvgIpc) is 3.29. The molecule has 37 heavy (non-hydrogen) atoms. The number of thioether (sulfide) groups is 1. The smallest absolute Gasteiger partial charge is 0.227 e. The van der Waals surface area contributed by atoms with Crippen LogP contribution in [-0.4, -0.2) is 20.5 Å². The number of fused-ring (bicyclic) bond motifs is 1. The van der Waals surface area contributed by atoms with Crippen LogP contribution in [0.15, 0.2) is 89.2 Å². The van der Waals surface area contributed by atoms with E-state index in [1.54, 1.807) is 41.6 Å². The van der Waals surface area contributed by atoms with Crippen LogP contribution >= 0.6 is 35.0 Å². The fraction of sp³-hybridized carbons (Fsp3) is 0.179. The molecule has 0 radical (unpaired) electrons. The highest BCUT2D eigenvalue weighted by molar-refractivity contribution is 7.98. The highest BCUT2D eigenvalue weighted by atomic mass is 35.5. The third kappa shape index (κ3) is 5.54. The van der Waals surface area contributed by atoms with Gasteiger partial charge >= 0.3 is 0 Å². The first kappa shape index (κ1) is 25.4. The van der Waals surface area contributed by atoms with Crippen LogP contribution in [0.5, 0.6) is 5.75 Å². The van der Waals surface area contributed by atoms with Crippen LogP contribution in [0, 0.1) is 0 Å². The van der Waals surface area contributed by atoms with Gasteiger partial charge in [-0.1, -0.05) is 83.5 Å². The third-order valence-electron chi connectivity index (χ3n) is 6.06. The number of nitrogens with one attached hydrogen (secondary N) is 1. The summed E-state index contributed by atoms with van der Waals surface area (Å²) >= 11 is 14.1. The molecule has 6 nitrogen and oxygen atoms in total. The Morgan fingerprint density at radius 1 is 1.03 bits per heavy atom. The number of ketones is 1. The minimum absolute atomic E-state index is 0.0247. The molecule has 3 aromatic carbocycles. The second-order valence-electron chi connectivity index (χ2n) is 8.62. The molecule has 5 rings (SSSR count). The number of allylic oxidation sites excluding steroid dienone is 2. The van der Waals surface area contributed by atoms with Crippen molar-refractivity contribution in [2.24, 2.45) is 0 Å². The second kappa shape index (κ2) is 11.0. The third-order valence-corrected chi connectivity index (χ3v) is 7.68. The van der Waals surface area contributed by atoms with Crippen LogP contribution in [0.4, 0.5) is 5.95 Å². The molecule has 0 spiro atoms. The molecule has 188 valence electrons. The quantitative estimate of drug-likeness (QED) is 0.231. The van der Waals surface area contributed by atoms with E-state index in [0.29, 0.717) is 32.5 Å². The zero-order valence-electron chi connectivity index (χ0n) is 20.2. The van der Waals surface area contributed by atoms with Crippen molar-refractivity contribution in [3.05, 3.63) is 111 Å². The van der Waals surface area contributed by atoms with E-state index in [9.17, 15) is 4.79 Å². The molecule has 1 atom stereocenters. The fourth-order valence-electron chi connectivity index (χ4n) is 4.25. The first-order valence-corrected chi connectivity index (χ1v) is 13.4. The summed E-state index contributed by atoms with van der Waals surface area (Å²) in [6, 6.07) is 22.8. The number of carbonyl (C=O) groups excluding carboxylic acids is 1. The number of carbonyl (C=O) groups is 1. The van der Waals surface area contributed by atoms with Gasteiger partial charge in [-0.3, -0.25) is 4.79 Å². The molecule has 1 aliphatic rings. The number of Topliss-reactive ketones (excluding diaryl/α,β-unsaturated/α-hetero) is 1. The molecule has 0 fully saturated rings. The van der Waals surface area contributed by atoms with E-state index in [1.165, 1.54) is 5.56 Å².